The second-order valence-corrected chi connectivity index (χ2v) is 6.77. The van der Waals surface area contributed by atoms with Crippen LogP contribution in [0, 0.1) is 5.82 Å². The second-order valence-electron chi connectivity index (χ2n) is 5.41. The molecule has 0 aliphatic carbocycles. The maximum atomic E-state index is 14.2. The summed E-state index contributed by atoms with van der Waals surface area (Å²) in [5, 5.41) is 9.10. The van der Waals surface area contributed by atoms with Crippen LogP contribution in [0.4, 0.5) is 4.39 Å². The van der Waals surface area contributed by atoms with Gasteiger partial charge in [-0.05, 0) is 18.2 Å². The molecule has 0 radical (unpaired) electrons. The molecule has 3 rings (SSSR count). The molecule has 26 heavy (non-hydrogen) atoms. The molecule has 2 heterocycles. The van der Waals surface area contributed by atoms with Gasteiger partial charge in [-0.2, -0.15) is 0 Å². The van der Waals surface area contributed by atoms with Crippen LogP contribution in [0.5, 0.6) is 0 Å². The Hall–Kier alpha value is -2.52. The van der Waals surface area contributed by atoms with Gasteiger partial charge in [0.2, 0.25) is 0 Å². The van der Waals surface area contributed by atoms with E-state index in [0.717, 1.165) is 4.57 Å². The number of aliphatic carboxylic acids is 1. The average Bonchev–Trinajstić information content (AvgIpc) is 2.57. The molecule has 3 aromatic rings. The van der Waals surface area contributed by atoms with E-state index in [9.17, 15) is 18.8 Å². The minimum absolute atomic E-state index is 0.00615. The van der Waals surface area contributed by atoms with Crippen molar-refractivity contribution in [1.29, 1.82) is 0 Å². The van der Waals surface area contributed by atoms with Crippen molar-refractivity contribution in [3.05, 3.63) is 72.2 Å². The van der Waals surface area contributed by atoms with Crippen molar-refractivity contribution in [3.63, 3.8) is 0 Å². The monoisotopic (exact) mass is 441 g/mol. The van der Waals surface area contributed by atoms with Crippen molar-refractivity contribution in [2.24, 2.45) is 0 Å². The van der Waals surface area contributed by atoms with Gasteiger partial charge in [-0.1, -0.05) is 33.6 Å². The second kappa shape index (κ2) is 7.00. The van der Waals surface area contributed by atoms with E-state index in [0.29, 0.717) is 9.04 Å². The first-order chi connectivity index (χ1) is 12.3. The number of hydrogen-bond acceptors (Lipinski definition) is 4. The molecular weight excluding hydrogens is 433 g/mol. The molecule has 0 bridgehead atoms. The highest BCUT2D eigenvalue weighted by atomic mass is 79.9. The smallest absolute Gasteiger partial charge is 0.333 e. The van der Waals surface area contributed by atoms with Crippen molar-refractivity contribution in [3.8, 4) is 0 Å². The van der Waals surface area contributed by atoms with Crippen LogP contribution in [0.15, 0.2) is 44.5 Å². The van der Waals surface area contributed by atoms with Gasteiger partial charge >= 0.3 is 11.7 Å². The molecule has 7 nitrogen and oxygen atoms in total. The SMILES string of the molecule is O=C(O)Cn1c(=O)c2cc(Cl)cnc2n(Cc2ccc(Br)cc2F)c1=O. The Morgan fingerprint density at radius 3 is 2.65 bits per heavy atom. The Balaban J connectivity index is 2.31. The first-order valence-electron chi connectivity index (χ1n) is 7.22. The predicted molar refractivity (Wildman–Crippen MR) is 96.1 cm³/mol. The predicted octanol–water partition coefficient (Wildman–Crippen LogP) is 2.25. The van der Waals surface area contributed by atoms with Crippen LogP contribution in [0.1, 0.15) is 5.56 Å². The Morgan fingerprint density at radius 2 is 2.00 bits per heavy atom. The fourth-order valence-corrected chi connectivity index (χ4v) is 3.00. The van der Waals surface area contributed by atoms with E-state index in [-0.39, 0.29) is 28.2 Å². The Labute approximate surface area is 158 Å². The van der Waals surface area contributed by atoms with Gasteiger partial charge in [-0.3, -0.25) is 14.2 Å². The largest absolute Gasteiger partial charge is 0.480 e. The number of pyridine rings is 1. The van der Waals surface area contributed by atoms with Crippen molar-refractivity contribution < 1.29 is 14.3 Å². The van der Waals surface area contributed by atoms with Gasteiger partial charge in [0.15, 0.2) is 0 Å². The van der Waals surface area contributed by atoms with Gasteiger partial charge in [0.05, 0.1) is 17.0 Å². The van der Waals surface area contributed by atoms with Crippen LogP contribution in [-0.4, -0.2) is 25.2 Å². The average molecular weight is 443 g/mol. The summed E-state index contributed by atoms with van der Waals surface area (Å²) >= 11 is 9.01. The highest BCUT2D eigenvalue weighted by Crippen LogP contribution is 2.18. The topological polar surface area (TPSA) is 94.2 Å². The first-order valence-corrected chi connectivity index (χ1v) is 8.39. The summed E-state index contributed by atoms with van der Waals surface area (Å²) in [5.74, 6) is -1.93. The molecule has 0 atom stereocenters. The lowest BCUT2D eigenvalue weighted by Crippen LogP contribution is -2.42. The van der Waals surface area contributed by atoms with Gasteiger partial charge < -0.3 is 5.11 Å². The quantitative estimate of drug-likeness (QED) is 0.669. The maximum Gasteiger partial charge on any atom is 0.333 e. The van der Waals surface area contributed by atoms with Crippen LogP contribution in [-0.2, 0) is 17.9 Å². The highest BCUT2D eigenvalue weighted by Gasteiger charge is 2.17. The van der Waals surface area contributed by atoms with Gasteiger partial charge in [0.25, 0.3) is 5.56 Å². The van der Waals surface area contributed by atoms with Crippen molar-refractivity contribution in [2.45, 2.75) is 13.1 Å². The van der Waals surface area contributed by atoms with Crippen LogP contribution < -0.4 is 11.2 Å². The summed E-state index contributed by atoms with van der Waals surface area (Å²) < 4.78 is 16.3. The van der Waals surface area contributed by atoms with Gasteiger partial charge in [-0.25, -0.2) is 18.7 Å². The van der Waals surface area contributed by atoms with Crippen LogP contribution in [0.3, 0.4) is 0 Å². The van der Waals surface area contributed by atoms with E-state index in [1.54, 1.807) is 6.07 Å². The van der Waals surface area contributed by atoms with Crippen molar-refractivity contribution in [2.75, 3.05) is 0 Å². The zero-order valence-corrected chi connectivity index (χ0v) is 15.3. The maximum absolute atomic E-state index is 14.2. The van der Waals surface area contributed by atoms with Crippen LogP contribution >= 0.6 is 27.5 Å². The van der Waals surface area contributed by atoms with Gasteiger partial charge in [0.1, 0.15) is 18.0 Å². The minimum Gasteiger partial charge on any atom is -0.480 e. The van der Waals surface area contributed by atoms with Crippen molar-refractivity contribution >= 4 is 44.5 Å². The fraction of sp³-hybridized carbons (Fsp3) is 0.125. The standard InChI is InChI=1S/C16H10BrClFN3O4/c17-9-2-1-8(12(19)3-9)6-21-14-11(4-10(18)5-20-14)15(25)22(16(21)26)7-13(23)24/h1-5H,6-7H2,(H,23,24). The number of aromatic nitrogens is 3. The van der Waals surface area contributed by atoms with E-state index in [1.165, 1.54) is 24.4 Å². The third-order valence-corrected chi connectivity index (χ3v) is 4.36. The molecular formula is C16H10BrClFN3O4. The number of carbonyl (C=O) groups is 1. The number of hydrogen-bond donors (Lipinski definition) is 1. The molecule has 0 aliphatic rings. The van der Waals surface area contributed by atoms with E-state index in [2.05, 4.69) is 20.9 Å². The van der Waals surface area contributed by atoms with Crippen LogP contribution in [0.25, 0.3) is 11.0 Å². The minimum atomic E-state index is -1.36. The zero-order chi connectivity index (χ0) is 19.0. The first kappa shape index (κ1) is 18.3. The molecule has 0 unspecified atom stereocenters. The summed E-state index contributed by atoms with van der Waals surface area (Å²) in [6, 6.07) is 5.60. The normalized spacial score (nSPS) is 11.0. The summed E-state index contributed by atoms with van der Waals surface area (Å²) in [5.41, 5.74) is -1.56. The molecule has 0 aliphatic heterocycles. The Morgan fingerprint density at radius 1 is 1.27 bits per heavy atom. The van der Waals surface area contributed by atoms with Crippen LogP contribution in [0.2, 0.25) is 5.02 Å². The number of halogens is 3. The molecule has 2 aromatic heterocycles. The molecule has 0 amide bonds. The number of benzene rings is 1. The van der Waals surface area contributed by atoms with Crippen molar-refractivity contribution in [1.82, 2.24) is 14.1 Å². The van der Waals surface area contributed by atoms with E-state index < -0.39 is 29.6 Å². The summed E-state index contributed by atoms with van der Waals surface area (Å²) in [6.07, 6.45) is 1.25. The molecule has 134 valence electrons. The Kier molecular flexibility index (Phi) is 4.92. The molecule has 1 N–H and O–H groups in total. The van der Waals surface area contributed by atoms with E-state index >= 15 is 0 Å². The lowest BCUT2D eigenvalue weighted by Gasteiger charge is -2.13. The molecule has 1 aromatic carbocycles. The Bertz CT molecular complexity index is 1160. The molecule has 0 saturated heterocycles. The summed E-state index contributed by atoms with van der Waals surface area (Å²) in [4.78, 5) is 40.2. The molecule has 0 saturated carbocycles. The third-order valence-electron chi connectivity index (χ3n) is 3.66. The molecule has 10 heteroatoms. The molecule has 0 spiro atoms. The lowest BCUT2D eigenvalue weighted by molar-refractivity contribution is -0.137. The third kappa shape index (κ3) is 3.40. The highest BCUT2D eigenvalue weighted by molar-refractivity contribution is 9.10. The molecule has 0 fully saturated rings. The lowest BCUT2D eigenvalue weighted by atomic mass is 10.2. The number of carboxylic acids is 1. The number of rotatable bonds is 4. The number of nitrogens with zero attached hydrogens (tertiary/aromatic N) is 3. The van der Waals surface area contributed by atoms with E-state index in [4.69, 9.17) is 16.7 Å². The fourth-order valence-electron chi connectivity index (χ4n) is 2.51. The van der Waals surface area contributed by atoms with E-state index in [1.807, 2.05) is 0 Å². The zero-order valence-electron chi connectivity index (χ0n) is 12.9. The number of carboxylic acid groups (broad SMARTS) is 1. The van der Waals surface area contributed by atoms with Gasteiger partial charge in [0, 0.05) is 16.2 Å². The number of fused-ring (bicyclic) bond motifs is 1. The summed E-state index contributed by atoms with van der Waals surface area (Å²) in [6.45, 7) is -1.06. The van der Waals surface area contributed by atoms with Gasteiger partial charge in [-0.15, -0.1) is 0 Å². The summed E-state index contributed by atoms with van der Waals surface area (Å²) in [7, 11) is 0.